The van der Waals surface area contributed by atoms with Crippen LogP contribution in [-0.4, -0.2) is 24.7 Å². The molecule has 0 atom stereocenters. The van der Waals surface area contributed by atoms with Crippen LogP contribution in [0.4, 0.5) is 0 Å². The third-order valence-corrected chi connectivity index (χ3v) is 2.23. The van der Waals surface area contributed by atoms with Gasteiger partial charge in [0.2, 0.25) is 5.65 Å². The molecule has 0 spiro atoms. The summed E-state index contributed by atoms with van der Waals surface area (Å²) in [6.45, 7) is 0. The van der Waals surface area contributed by atoms with Gasteiger partial charge in [-0.25, -0.2) is 4.98 Å². The van der Waals surface area contributed by atoms with Gasteiger partial charge in [-0.15, -0.1) is 10.2 Å². The minimum absolute atomic E-state index is 0.186. The molecule has 0 unspecified atom stereocenters. The molecule has 6 nitrogen and oxygen atoms in total. The van der Waals surface area contributed by atoms with Crippen molar-refractivity contribution in [3.05, 3.63) is 43.0 Å². The summed E-state index contributed by atoms with van der Waals surface area (Å²) in [5.41, 5.74) is 0.542. The maximum Gasteiger partial charge on any atom is 0.265 e. The van der Waals surface area contributed by atoms with Crippen LogP contribution < -0.4 is 4.74 Å². The highest BCUT2D eigenvalue weighted by Crippen LogP contribution is 2.23. The van der Waals surface area contributed by atoms with Crippen molar-refractivity contribution in [3.63, 3.8) is 0 Å². The van der Waals surface area contributed by atoms with Crippen molar-refractivity contribution in [2.45, 2.75) is 0 Å². The van der Waals surface area contributed by atoms with E-state index in [4.69, 9.17) is 9.84 Å². The van der Waals surface area contributed by atoms with Gasteiger partial charge in [-0.05, 0) is 24.3 Å². The molecular formula is C11H8N4O2. The van der Waals surface area contributed by atoms with Gasteiger partial charge in [0.1, 0.15) is 17.8 Å². The highest BCUT2D eigenvalue weighted by atomic mass is 16.5. The predicted octanol–water partition coefficient (Wildman–Crippen LogP) is 1.62. The second kappa shape index (κ2) is 3.75. The maximum absolute atomic E-state index is 9.16. The molecule has 1 aromatic carbocycles. The summed E-state index contributed by atoms with van der Waals surface area (Å²) in [7, 11) is 0. The summed E-state index contributed by atoms with van der Waals surface area (Å²) in [6, 6.07) is 6.38. The largest absolute Gasteiger partial charge is 0.508 e. The maximum atomic E-state index is 9.16. The molecular weight excluding hydrogens is 220 g/mol. The van der Waals surface area contributed by atoms with Gasteiger partial charge in [0, 0.05) is 12.4 Å². The number of nitrogens with zero attached hydrogens (tertiary/aromatic N) is 4. The van der Waals surface area contributed by atoms with E-state index in [2.05, 4.69) is 15.2 Å². The van der Waals surface area contributed by atoms with Crippen LogP contribution in [0.2, 0.25) is 0 Å². The Balaban J connectivity index is 1.99. The molecule has 0 bridgehead atoms. The van der Waals surface area contributed by atoms with E-state index in [1.54, 1.807) is 47.4 Å². The van der Waals surface area contributed by atoms with Gasteiger partial charge in [-0.1, -0.05) is 0 Å². The number of hydrogen-bond donors (Lipinski definition) is 1. The van der Waals surface area contributed by atoms with Gasteiger partial charge >= 0.3 is 0 Å². The molecule has 1 N–H and O–H groups in total. The molecule has 17 heavy (non-hydrogen) atoms. The number of aromatic nitrogens is 4. The summed E-state index contributed by atoms with van der Waals surface area (Å²) < 4.78 is 7.27. The Bertz CT molecular complexity index is 648. The molecule has 0 aliphatic carbocycles. The smallest absolute Gasteiger partial charge is 0.265 e. The lowest BCUT2D eigenvalue weighted by Crippen LogP contribution is -1.92. The molecule has 0 aliphatic heterocycles. The van der Waals surface area contributed by atoms with Crippen molar-refractivity contribution >= 4 is 5.65 Å². The third kappa shape index (κ3) is 1.76. The average Bonchev–Trinajstić information content (AvgIpc) is 2.81. The number of benzene rings is 1. The first-order valence-electron chi connectivity index (χ1n) is 4.94. The normalized spacial score (nSPS) is 10.6. The van der Waals surface area contributed by atoms with Crippen LogP contribution in [0.3, 0.4) is 0 Å². The molecule has 6 heteroatoms. The first-order valence-corrected chi connectivity index (χ1v) is 4.94. The fraction of sp³-hybridized carbons (Fsp3) is 0. The van der Waals surface area contributed by atoms with Crippen molar-refractivity contribution < 1.29 is 9.84 Å². The summed E-state index contributed by atoms with van der Waals surface area (Å²) in [6.07, 6.45) is 4.91. The fourth-order valence-electron chi connectivity index (χ4n) is 1.43. The SMILES string of the molecule is Oc1ccc(Oc2nccn3cnnc23)cc1. The monoisotopic (exact) mass is 228 g/mol. The van der Waals surface area contributed by atoms with Crippen molar-refractivity contribution in [2.75, 3.05) is 0 Å². The summed E-state index contributed by atoms with van der Waals surface area (Å²) in [4.78, 5) is 4.09. The summed E-state index contributed by atoms with van der Waals surface area (Å²) in [5, 5.41) is 16.8. The summed E-state index contributed by atoms with van der Waals surface area (Å²) >= 11 is 0. The Morgan fingerprint density at radius 3 is 2.82 bits per heavy atom. The third-order valence-electron chi connectivity index (χ3n) is 2.23. The van der Waals surface area contributed by atoms with E-state index in [9.17, 15) is 0 Å². The molecule has 2 heterocycles. The Kier molecular flexibility index (Phi) is 2.11. The van der Waals surface area contributed by atoms with Gasteiger partial charge in [0.25, 0.3) is 5.88 Å². The van der Waals surface area contributed by atoms with Crippen LogP contribution >= 0.6 is 0 Å². The van der Waals surface area contributed by atoms with E-state index < -0.39 is 0 Å². The lowest BCUT2D eigenvalue weighted by molar-refractivity contribution is 0.455. The Morgan fingerprint density at radius 2 is 2.00 bits per heavy atom. The minimum Gasteiger partial charge on any atom is -0.508 e. The number of ether oxygens (including phenoxy) is 1. The molecule has 0 fully saturated rings. The topological polar surface area (TPSA) is 72.5 Å². The van der Waals surface area contributed by atoms with E-state index in [-0.39, 0.29) is 5.75 Å². The van der Waals surface area contributed by atoms with Crippen molar-refractivity contribution in [2.24, 2.45) is 0 Å². The van der Waals surface area contributed by atoms with Crippen molar-refractivity contribution in [3.8, 4) is 17.4 Å². The predicted molar refractivity (Wildman–Crippen MR) is 59.0 cm³/mol. The molecule has 0 saturated carbocycles. The lowest BCUT2D eigenvalue weighted by Gasteiger charge is -2.04. The molecule has 3 aromatic rings. The highest BCUT2D eigenvalue weighted by molar-refractivity contribution is 5.49. The van der Waals surface area contributed by atoms with Crippen LogP contribution in [0.15, 0.2) is 43.0 Å². The molecule has 0 amide bonds. The van der Waals surface area contributed by atoms with E-state index in [1.165, 1.54) is 0 Å². The highest BCUT2D eigenvalue weighted by Gasteiger charge is 2.06. The molecule has 0 radical (unpaired) electrons. The van der Waals surface area contributed by atoms with Crippen LogP contribution in [0.5, 0.6) is 17.4 Å². The van der Waals surface area contributed by atoms with E-state index in [0.29, 0.717) is 17.3 Å². The fourth-order valence-corrected chi connectivity index (χ4v) is 1.43. The minimum atomic E-state index is 0.186. The van der Waals surface area contributed by atoms with Gasteiger partial charge in [0.05, 0.1) is 0 Å². The Morgan fingerprint density at radius 1 is 1.18 bits per heavy atom. The van der Waals surface area contributed by atoms with Crippen LogP contribution in [0.1, 0.15) is 0 Å². The summed E-state index contributed by atoms with van der Waals surface area (Å²) in [5.74, 6) is 1.13. The van der Waals surface area contributed by atoms with Gasteiger partial charge < -0.3 is 9.84 Å². The van der Waals surface area contributed by atoms with E-state index >= 15 is 0 Å². The van der Waals surface area contributed by atoms with Crippen LogP contribution in [0, 0.1) is 0 Å². The van der Waals surface area contributed by atoms with E-state index in [0.717, 1.165) is 0 Å². The van der Waals surface area contributed by atoms with E-state index in [1.807, 2.05) is 0 Å². The van der Waals surface area contributed by atoms with Crippen LogP contribution in [-0.2, 0) is 0 Å². The number of hydrogen-bond acceptors (Lipinski definition) is 5. The molecule has 0 aliphatic rings. The second-order valence-electron chi connectivity index (χ2n) is 3.39. The number of phenolic OH excluding ortho intramolecular Hbond substituents is 1. The quantitative estimate of drug-likeness (QED) is 0.721. The second-order valence-corrected chi connectivity index (χ2v) is 3.39. The first-order chi connectivity index (χ1) is 8.33. The Labute approximate surface area is 96.1 Å². The molecule has 84 valence electrons. The zero-order valence-electron chi connectivity index (χ0n) is 8.69. The Hall–Kier alpha value is -2.63. The van der Waals surface area contributed by atoms with Crippen molar-refractivity contribution in [1.82, 2.24) is 19.6 Å². The van der Waals surface area contributed by atoms with Gasteiger partial charge in [-0.3, -0.25) is 4.40 Å². The zero-order chi connectivity index (χ0) is 11.7. The standard InChI is InChI=1S/C11H8N4O2/c16-8-1-3-9(4-2-8)17-11-10-14-13-7-15(10)6-5-12-11/h1-7,16H. The number of phenols is 1. The molecule has 3 rings (SSSR count). The molecule has 0 saturated heterocycles. The zero-order valence-corrected chi connectivity index (χ0v) is 8.69. The molecule has 2 aromatic heterocycles. The number of rotatable bonds is 2. The van der Waals surface area contributed by atoms with Crippen LogP contribution in [0.25, 0.3) is 5.65 Å². The number of fused-ring (bicyclic) bond motifs is 1. The van der Waals surface area contributed by atoms with Gasteiger partial charge in [-0.2, -0.15) is 0 Å². The average molecular weight is 228 g/mol. The lowest BCUT2D eigenvalue weighted by atomic mass is 10.3. The van der Waals surface area contributed by atoms with Gasteiger partial charge in [0.15, 0.2) is 0 Å². The first kappa shape index (κ1) is 9.59. The number of aromatic hydroxyl groups is 1. The van der Waals surface area contributed by atoms with Crippen molar-refractivity contribution in [1.29, 1.82) is 0 Å².